The third kappa shape index (κ3) is 4.06. The molecule has 2 nitrogen and oxygen atoms in total. The van der Waals surface area contributed by atoms with E-state index in [1.54, 1.807) is 6.92 Å². The Balaban J connectivity index is 2.14. The van der Waals surface area contributed by atoms with E-state index in [1.807, 2.05) is 42.5 Å². The monoisotopic (exact) mass is 384 g/mol. The van der Waals surface area contributed by atoms with Gasteiger partial charge in [0.25, 0.3) is 0 Å². The summed E-state index contributed by atoms with van der Waals surface area (Å²) in [7, 11) is 0. The van der Waals surface area contributed by atoms with E-state index in [0.717, 1.165) is 20.1 Å². The van der Waals surface area contributed by atoms with Crippen LogP contribution in [-0.2, 0) is 6.61 Å². The summed E-state index contributed by atoms with van der Waals surface area (Å²) in [5, 5.41) is 9.73. The van der Waals surface area contributed by atoms with Crippen LogP contribution in [0.5, 0.6) is 5.75 Å². The highest BCUT2D eigenvalue weighted by molar-refractivity contribution is 9.10. The first-order valence-electron chi connectivity index (χ1n) is 5.91. The third-order valence-electron chi connectivity index (χ3n) is 2.73. The molecule has 2 aromatic rings. The van der Waals surface area contributed by atoms with Gasteiger partial charge < -0.3 is 9.84 Å². The second-order valence-electron chi connectivity index (χ2n) is 4.27. The Hall–Kier alpha value is -0.840. The minimum atomic E-state index is -0.548. The lowest BCUT2D eigenvalue weighted by Gasteiger charge is -2.14. The van der Waals surface area contributed by atoms with E-state index >= 15 is 0 Å². The van der Waals surface area contributed by atoms with Gasteiger partial charge in [0.05, 0.1) is 6.10 Å². The zero-order chi connectivity index (χ0) is 13.8. The fraction of sp³-hybridized carbons (Fsp3) is 0.200. The summed E-state index contributed by atoms with van der Waals surface area (Å²) in [6.07, 6.45) is -0.548. The first kappa shape index (κ1) is 14.6. The quantitative estimate of drug-likeness (QED) is 0.815. The standard InChI is InChI=1S/C15H14Br2O2/c1-10(18)14-7-6-13(17)8-15(14)19-9-11-2-4-12(16)5-3-11/h2-8,10,18H,9H2,1H3/t10-/m0/s1. The van der Waals surface area contributed by atoms with Gasteiger partial charge in [-0.1, -0.05) is 50.1 Å². The molecule has 0 spiro atoms. The highest BCUT2D eigenvalue weighted by Gasteiger charge is 2.09. The van der Waals surface area contributed by atoms with E-state index in [4.69, 9.17) is 4.74 Å². The van der Waals surface area contributed by atoms with Gasteiger partial charge in [-0.25, -0.2) is 0 Å². The Morgan fingerprint density at radius 2 is 1.68 bits per heavy atom. The van der Waals surface area contributed by atoms with Crippen molar-refractivity contribution in [1.82, 2.24) is 0 Å². The molecular formula is C15H14Br2O2. The SMILES string of the molecule is C[C@H](O)c1ccc(Br)cc1OCc1ccc(Br)cc1. The number of rotatable bonds is 4. The maximum Gasteiger partial charge on any atom is 0.126 e. The van der Waals surface area contributed by atoms with Crippen LogP contribution in [0.25, 0.3) is 0 Å². The van der Waals surface area contributed by atoms with E-state index in [0.29, 0.717) is 12.4 Å². The molecule has 0 fully saturated rings. The van der Waals surface area contributed by atoms with Crippen molar-refractivity contribution in [2.24, 2.45) is 0 Å². The van der Waals surface area contributed by atoms with Crippen LogP contribution in [-0.4, -0.2) is 5.11 Å². The van der Waals surface area contributed by atoms with Gasteiger partial charge in [0.1, 0.15) is 12.4 Å². The molecular weight excluding hydrogens is 372 g/mol. The van der Waals surface area contributed by atoms with Crippen molar-refractivity contribution in [3.05, 3.63) is 62.5 Å². The van der Waals surface area contributed by atoms with E-state index in [-0.39, 0.29) is 0 Å². The highest BCUT2D eigenvalue weighted by Crippen LogP contribution is 2.29. The molecule has 4 heteroatoms. The lowest BCUT2D eigenvalue weighted by molar-refractivity contribution is 0.190. The molecule has 1 atom stereocenters. The lowest BCUT2D eigenvalue weighted by atomic mass is 10.1. The molecule has 0 aliphatic heterocycles. The summed E-state index contributed by atoms with van der Waals surface area (Å²) >= 11 is 6.81. The molecule has 0 unspecified atom stereocenters. The molecule has 2 rings (SSSR count). The van der Waals surface area contributed by atoms with Crippen molar-refractivity contribution in [2.45, 2.75) is 19.6 Å². The van der Waals surface area contributed by atoms with Crippen molar-refractivity contribution in [1.29, 1.82) is 0 Å². The normalized spacial score (nSPS) is 12.2. The number of ether oxygens (including phenoxy) is 1. The first-order valence-corrected chi connectivity index (χ1v) is 7.49. The number of hydrogen-bond acceptors (Lipinski definition) is 2. The van der Waals surface area contributed by atoms with Crippen molar-refractivity contribution in [3.8, 4) is 5.75 Å². The van der Waals surface area contributed by atoms with Gasteiger partial charge in [-0.3, -0.25) is 0 Å². The Kier molecular flexibility index (Phi) is 5.02. The fourth-order valence-electron chi connectivity index (χ4n) is 1.72. The predicted octanol–water partition coefficient (Wildman–Crippen LogP) is 4.84. The van der Waals surface area contributed by atoms with Gasteiger partial charge >= 0.3 is 0 Å². The molecule has 100 valence electrons. The van der Waals surface area contributed by atoms with Gasteiger partial charge in [-0.05, 0) is 36.8 Å². The lowest BCUT2D eigenvalue weighted by Crippen LogP contribution is -2.01. The Morgan fingerprint density at radius 3 is 2.32 bits per heavy atom. The molecule has 0 heterocycles. The number of aliphatic hydroxyl groups is 1. The fourth-order valence-corrected chi connectivity index (χ4v) is 2.32. The van der Waals surface area contributed by atoms with Crippen molar-refractivity contribution in [2.75, 3.05) is 0 Å². The average molecular weight is 386 g/mol. The molecule has 0 saturated heterocycles. The van der Waals surface area contributed by atoms with Crippen LogP contribution in [0, 0.1) is 0 Å². The van der Waals surface area contributed by atoms with E-state index in [9.17, 15) is 5.11 Å². The van der Waals surface area contributed by atoms with Gasteiger partial charge in [-0.2, -0.15) is 0 Å². The molecule has 0 saturated carbocycles. The van der Waals surface area contributed by atoms with Crippen LogP contribution in [0.1, 0.15) is 24.2 Å². The number of hydrogen-bond donors (Lipinski definition) is 1. The third-order valence-corrected chi connectivity index (χ3v) is 3.76. The minimum Gasteiger partial charge on any atom is -0.488 e. The van der Waals surface area contributed by atoms with Crippen molar-refractivity contribution in [3.63, 3.8) is 0 Å². The van der Waals surface area contributed by atoms with Gasteiger partial charge in [0.15, 0.2) is 0 Å². The summed E-state index contributed by atoms with van der Waals surface area (Å²) in [6.45, 7) is 2.21. The molecule has 0 radical (unpaired) electrons. The molecule has 0 aliphatic rings. The van der Waals surface area contributed by atoms with Crippen LogP contribution >= 0.6 is 31.9 Å². The van der Waals surface area contributed by atoms with Crippen LogP contribution in [0.2, 0.25) is 0 Å². The summed E-state index contributed by atoms with van der Waals surface area (Å²) < 4.78 is 7.78. The Morgan fingerprint density at radius 1 is 1.05 bits per heavy atom. The molecule has 1 N–H and O–H groups in total. The first-order chi connectivity index (χ1) is 9.06. The predicted molar refractivity (Wildman–Crippen MR) is 83.2 cm³/mol. The van der Waals surface area contributed by atoms with Crippen LogP contribution in [0.4, 0.5) is 0 Å². The molecule has 0 aliphatic carbocycles. The van der Waals surface area contributed by atoms with E-state index in [1.165, 1.54) is 0 Å². The maximum absolute atomic E-state index is 9.73. The second-order valence-corrected chi connectivity index (χ2v) is 6.10. The summed E-state index contributed by atoms with van der Waals surface area (Å²) in [5.74, 6) is 0.701. The Labute approximate surface area is 129 Å². The number of benzene rings is 2. The molecule has 2 aromatic carbocycles. The average Bonchev–Trinajstić information content (AvgIpc) is 2.38. The number of aliphatic hydroxyl groups excluding tert-OH is 1. The zero-order valence-corrected chi connectivity index (χ0v) is 13.6. The number of halogens is 2. The van der Waals surface area contributed by atoms with Crippen LogP contribution < -0.4 is 4.74 Å². The van der Waals surface area contributed by atoms with Gasteiger partial charge in [-0.15, -0.1) is 0 Å². The molecule has 0 amide bonds. The van der Waals surface area contributed by atoms with Crippen molar-refractivity contribution < 1.29 is 9.84 Å². The van der Waals surface area contributed by atoms with Gasteiger partial charge in [0, 0.05) is 14.5 Å². The second kappa shape index (κ2) is 6.55. The van der Waals surface area contributed by atoms with E-state index in [2.05, 4.69) is 31.9 Å². The maximum atomic E-state index is 9.73. The van der Waals surface area contributed by atoms with Gasteiger partial charge in [0.2, 0.25) is 0 Å². The van der Waals surface area contributed by atoms with Crippen LogP contribution in [0.15, 0.2) is 51.4 Å². The molecule has 0 aromatic heterocycles. The zero-order valence-electron chi connectivity index (χ0n) is 10.4. The summed E-state index contributed by atoms with van der Waals surface area (Å²) in [5.41, 5.74) is 1.88. The molecule has 19 heavy (non-hydrogen) atoms. The van der Waals surface area contributed by atoms with E-state index < -0.39 is 6.10 Å². The topological polar surface area (TPSA) is 29.5 Å². The highest BCUT2D eigenvalue weighted by atomic mass is 79.9. The summed E-state index contributed by atoms with van der Waals surface area (Å²) in [4.78, 5) is 0. The largest absolute Gasteiger partial charge is 0.488 e. The summed E-state index contributed by atoms with van der Waals surface area (Å²) in [6, 6.07) is 13.6. The smallest absolute Gasteiger partial charge is 0.126 e. The minimum absolute atomic E-state index is 0.476. The molecule has 0 bridgehead atoms. The van der Waals surface area contributed by atoms with Crippen LogP contribution in [0.3, 0.4) is 0 Å². The van der Waals surface area contributed by atoms with Crippen molar-refractivity contribution >= 4 is 31.9 Å². The Bertz CT molecular complexity index is 551.